The Morgan fingerprint density at radius 1 is 1.06 bits per heavy atom. The van der Waals surface area contributed by atoms with E-state index in [1.807, 2.05) is 10.8 Å². The van der Waals surface area contributed by atoms with E-state index in [2.05, 4.69) is 26.8 Å². The van der Waals surface area contributed by atoms with Gasteiger partial charge in [-0.15, -0.1) is 0 Å². The Kier molecular flexibility index (Phi) is 5.80. The summed E-state index contributed by atoms with van der Waals surface area (Å²) in [6, 6.07) is 3.97. The molecule has 0 bridgehead atoms. The molecule has 4 aliphatic rings. The first-order valence-electron chi connectivity index (χ1n) is 13.5. The van der Waals surface area contributed by atoms with Crippen LogP contribution in [0.2, 0.25) is 0 Å². The molecule has 4 heteroatoms. The highest BCUT2D eigenvalue weighted by Gasteiger charge is 2.59. The molecule has 0 amide bonds. The van der Waals surface area contributed by atoms with Crippen molar-refractivity contribution in [3.63, 3.8) is 0 Å². The van der Waals surface area contributed by atoms with Gasteiger partial charge in [-0.1, -0.05) is 26.7 Å². The van der Waals surface area contributed by atoms with Crippen LogP contribution < -0.4 is 0 Å². The standard InChI is InChI=1S/C29H42N2O2/c1-27(33)12-5-13-28(2)21(16-27)8-9-22-23-6-4-7-25(29(23,3)14-10-24(22)28)26(32)19-31-15-11-20(17-30)18-31/h11,15,18,21-25,33H,4-10,12-14,16,19H2,1-3H3/t21-,22-,23-,24-,25+,27+,28-,29-/m0/s1. The third kappa shape index (κ3) is 3.89. The third-order valence-corrected chi connectivity index (χ3v) is 11.0. The highest BCUT2D eigenvalue weighted by Crippen LogP contribution is 2.66. The number of nitriles is 1. The normalized spacial score (nSPS) is 45.1. The van der Waals surface area contributed by atoms with Crippen LogP contribution in [-0.4, -0.2) is 21.1 Å². The maximum Gasteiger partial charge on any atom is 0.156 e. The molecule has 0 unspecified atom stereocenters. The molecule has 5 rings (SSSR count). The molecule has 0 aliphatic heterocycles. The van der Waals surface area contributed by atoms with Gasteiger partial charge in [0.05, 0.1) is 17.7 Å². The van der Waals surface area contributed by atoms with Crippen molar-refractivity contribution < 1.29 is 9.90 Å². The molecular weight excluding hydrogens is 408 g/mol. The number of hydrogen-bond acceptors (Lipinski definition) is 3. The number of aromatic nitrogens is 1. The molecule has 1 N–H and O–H groups in total. The number of ketones is 1. The number of hydrogen-bond donors (Lipinski definition) is 1. The van der Waals surface area contributed by atoms with Crippen LogP contribution in [0.4, 0.5) is 0 Å². The molecule has 4 aliphatic carbocycles. The van der Waals surface area contributed by atoms with Crippen molar-refractivity contribution in [2.75, 3.05) is 0 Å². The molecule has 1 aromatic heterocycles. The van der Waals surface area contributed by atoms with Crippen molar-refractivity contribution >= 4 is 5.78 Å². The molecule has 33 heavy (non-hydrogen) atoms. The van der Waals surface area contributed by atoms with E-state index < -0.39 is 5.60 Å². The highest BCUT2D eigenvalue weighted by atomic mass is 16.3. The topological polar surface area (TPSA) is 66.0 Å². The predicted octanol–water partition coefficient (Wildman–Crippen LogP) is 6.12. The zero-order valence-electron chi connectivity index (χ0n) is 20.9. The largest absolute Gasteiger partial charge is 0.390 e. The maximum absolute atomic E-state index is 13.6. The molecule has 0 radical (unpaired) electrons. The van der Waals surface area contributed by atoms with Gasteiger partial charge in [0.2, 0.25) is 0 Å². The Labute approximate surface area is 199 Å². The van der Waals surface area contributed by atoms with E-state index in [9.17, 15) is 9.90 Å². The minimum atomic E-state index is -0.495. The van der Waals surface area contributed by atoms with Gasteiger partial charge in [0.15, 0.2) is 5.78 Å². The van der Waals surface area contributed by atoms with E-state index in [0.717, 1.165) is 37.5 Å². The fourth-order valence-electron chi connectivity index (χ4n) is 9.36. The summed E-state index contributed by atoms with van der Waals surface area (Å²) in [7, 11) is 0. The Morgan fingerprint density at radius 2 is 1.85 bits per heavy atom. The van der Waals surface area contributed by atoms with Crippen molar-refractivity contribution in [3.05, 3.63) is 24.0 Å². The summed E-state index contributed by atoms with van der Waals surface area (Å²) < 4.78 is 1.91. The van der Waals surface area contributed by atoms with Crippen LogP contribution in [0.1, 0.15) is 97.0 Å². The second kappa shape index (κ2) is 8.26. The first-order valence-corrected chi connectivity index (χ1v) is 13.5. The van der Waals surface area contributed by atoms with Gasteiger partial charge < -0.3 is 9.67 Å². The summed E-state index contributed by atoms with van der Waals surface area (Å²) in [6.45, 7) is 7.46. The van der Waals surface area contributed by atoms with E-state index in [1.165, 1.54) is 44.9 Å². The van der Waals surface area contributed by atoms with E-state index >= 15 is 0 Å². The lowest BCUT2D eigenvalue weighted by molar-refractivity contribution is -0.153. The van der Waals surface area contributed by atoms with Gasteiger partial charge in [0.1, 0.15) is 6.07 Å². The fourth-order valence-corrected chi connectivity index (χ4v) is 9.36. The molecule has 0 aromatic carbocycles. The summed E-state index contributed by atoms with van der Waals surface area (Å²) in [4.78, 5) is 13.6. The molecule has 4 fully saturated rings. The number of fused-ring (bicyclic) bond motifs is 5. The number of Topliss-reactive ketones (excluding diaryl/α,β-unsaturated/α-hetero) is 1. The minimum absolute atomic E-state index is 0.112. The zero-order valence-corrected chi connectivity index (χ0v) is 20.9. The zero-order chi connectivity index (χ0) is 23.4. The van der Waals surface area contributed by atoms with Crippen LogP contribution in [0, 0.1) is 51.8 Å². The Bertz CT molecular complexity index is 942. The Hall–Kier alpha value is -1.60. The SMILES string of the molecule is C[C@@]1(O)CCC[C@@]2(C)[C@@H](CC[C@@H]3[C@@H]2CC[C@]2(C)[C@@H](C(=O)Cn4ccc(C#N)c4)CCC[C@@H]32)C1. The molecule has 0 saturated heterocycles. The molecule has 1 heterocycles. The summed E-state index contributed by atoms with van der Waals surface area (Å²) in [5.74, 6) is 3.29. The second-order valence-electron chi connectivity index (χ2n) is 12.9. The van der Waals surface area contributed by atoms with Crippen molar-refractivity contribution in [2.45, 2.75) is 104 Å². The summed E-state index contributed by atoms with van der Waals surface area (Å²) in [5.41, 5.74) is 0.593. The number of carbonyl (C=O) groups excluding carboxylic acids is 1. The van der Waals surface area contributed by atoms with Crippen LogP contribution in [0.5, 0.6) is 0 Å². The lowest BCUT2D eigenvalue weighted by Crippen LogP contribution is -2.56. The minimum Gasteiger partial charge on any atom is -0.390 e. The highest BCUT2D eigenvalue weighted by molar-refractivity contribution is 5.82. The lowest BCUT2D eigenvalue weighted by atomic mass is 9.42. The molecule has 180 valence electrons. The van der Waals surface area contributed by atoms with Crippen molar-refractivity contribution in [3.8, 4) is 6.07 Å². The van der Waals surface area contributed by atoms with Gasteiger partial charge in [0, 0.05) is 18.3 Å². The summed E-state index contributed by atoms with van der Waals surface area (Å²) in [5, 5.41) is 20.0. The smallest absolute Gasteiger partial charge is 0.156 e. The number of carbonyl (C=O) groups is 1. The number of nitrogens with zero attached hydrogens (tertiary/aromatic N) is 2. The van der Waals surface area contributed by atoms with Gasteiger partial charge in [-0.25, -0.2) is 0 Å². The van der Waals surface area contributed by atoms with E-state index in [0.29, 0.717) is 35.1 Å². The quantitative estimate of drug-likeness (QED) is 0.603. The molecule has 4 nitrogen and oxygen atoms in total. The predicted molar refractivity (Wildman–Crippen MR) is 129 cm³/mol. The van der Waals surface area contributed by atoms with Gasteiger partial charge >= 0.3 is 0 Å². The van der Waals surface area contributed by atoms with Crippen molar-refractivity contribution in [2.24, 2.45) is 40.4 Å². The van der Waals surface area contributed by atoms with E-state index in [1.54, 1.807) is 12.3 Å². The molecular formula is C29H42N2O2. The first kappa shape index (κ1) is 23.2. The van der Waals surface area contributed by atoms with E-state index in [-0.39, 0.29) is 11.3 Å². The van der Waals surface area contributed by atoms with Gasteiger partial charge in [0.25, 0.3) is 0 Å². The lowest BCUT2D eigenvalue weighted by Gasteiger charge is -2.62. The van der Waals surface area contributed by atoms with Crippen LogP contribution in [0.3, 0.4) is 0 Å². The average molecular weight is 451 g/mol. The average Bonchev–Trinajstić information content (AvgIpc) is 3.17. The molecule has 8 atom stereocenters. The summed E-state index contributed by atoms with van der Waals surface area (Å²) in [6.07, 6.45) is 16.4. The van der Waals surface area contributed by atoms with Crippen LogP contribution >= 0.6 is 0 Å². The van der Waals surface area contributed by atoms with E-state index in [4.69, 9.17) is 5.26 Å². The fraction of sp³-hybridized carbons (Fsp3) is 0.793. The summed E-state index contributed by atoms with van der Waals surface area (Å²) >= 11 is 0. The monoisotopic (exact) mass is 450 g/mol. The Balaban J connectivity index is 1.37. The van der Waals surface area contributed by atoms with Crippen LogP contribution in [0.15, 0.2) is 18.5 Å². The molecule has 1 aromatic rings. The molecule has 0 spiro atoms. The van der Waals surface area contributed by atoms with Crippen molar-refractivity contribution in [1.29, 1.82) is 5.26 Å². The Morgan fingerprint density at radius 3 is 2.61 bits per heavy atom. The first-order chi connectivity index (χ1) is 15.7. The van der Waals surface area contributed by atoms with Crippen LogP contribution in [-0.2, 0) is 11.3 Å². The third-order valence-electron chi connectivity index (χ3n) is 11.0. The molecule has 4 saturated carbocycles. The van der Waals surface area contributed by atoms with Gasteiger partial charge in [-0.2, -0.15) is 5.26 Å². The van der Waals surface area contributed by atoms with Gasteiger partial charge in [-0.05, 0) is 105 Å². The number of rotatable bonds is 3. The van der Waals surface area contributed by atoms with Crippen LogP contribution in [0.25, 0.3) is 0 Å². The second-order valence-corrected chi connectivity index (χ2v) is 12.9. The van der Waals surface area contributed by atoms with Crippen molar-refractivity contribution in [1.82, 2.24) is 4.57 Å². The van der Waals surface area contributed by atoms with Gasteiger partial charge in [-0.3, -0.25) is 4.79 Å². The number of aliphatic hydroxyl groups is 1. The maximum atomic E-state index is 13.6.